The predicted octanol–water partition coefficient (Wildman–Crippen LogP) is 4.43. The van der Waals surface area contributed by atoms with Gasteiger partial charge in [-0.1, -0.05) is 41.9 Å². The zero-order valence-electron chi connectivity index (χ0n) is 13.7. The molecule has 0 unspecified atom stereocenters. The second-order valence-electron chi connectivity index (χ2n) is 6.16. The Kier molecular flexibility index (Phi) is 4.28. The number of amides is 1. The van der Waals surface area contributed by atoms with Crippen LogP contribution in [0.25, 0.3) is 16.9 Å². The summed E-state index contributed by atoms with van der Waals surface area (Å²) in [4.78, 5) is 14.9. The van der Waals surface area contributed by atoms with Crippen molar-refractivity contribution < 1.29 is 4.79 Å². The lowest BCUT2D eigenvalue weighted by atomic mass is 10.1. The van der Waals surface area contributed by atoms with E-state index in [9.17, 15) is 4.79 Å². The Morgan fingerprint density at radius 3 is 2.32 bits per heavy atom. The van der Waals surface area contributed by atoms with Crippen LogP contribution in [-0.4, -0.2) is 33.7 Å². The van der Waals surface area contributed by atoms with E-state index in [0.29, 0.717) is 10.6 Å². The molecule has 0 bridgehead atoms. The van der Waals surface area contributed by atoms with Crippen LogP contribution in [0.15, 0.2) is 60.8 Å². The van der Waals surface area contributed by atoms with Crippen LogP contribution in [0.3, 0.4) is 0 Å². The van der Waals surface area contributed by atoms with Crippen molar-refractivity contribution >= 4 is 17.5 Å². The topological polar surface area (TPSA) is 38.1 Å². The van der Waals surface area contributed by atoms with Gasteiger partial charge in [0, 0.05) is 23.7 Å². The van der Waals surface area contributed by atoms with Gasteiger partial charge in [-0.2, -0.15) is 5.10 Å². The van der Waals surface area contributed by atoms with Crippen molar-refractivity contribution in [3.8, 4) is 16.9 Å². The largest absolute Gasteiger partial charge is 0.339 e. The number of rotatable bonds is 3. The zero-order valence-corrected chi connectivity index (χ0v) is 14.5. The Bertz CT molecular complexity index is 881. The van der Waals surface area contributed by atoms with Crippen LogP contribution >= 0.6 is 11.6 Å². The van der Waals surface area contributed by atoms with Gasteiger partial charge >= 0.3 is 0 Å². The number of halogens is 1. The quantitative estimate of drug-likeness (QED) is 0.700. The molecule has 1 saturated heterocycles. The van der Waals surface area contributed by atoms with E-state index in [1.54, 1.807) is 6.20 Å². The van der Waals surface area contributed by atoms with Gasteiger partial charge in [-0.25, -0.2) is 4.68 Å². The van der Waals surface area contributed by atoms with Gasteiger partial charge in [0.05, 0.1) is 23.1 Å². The third-order valence-electron chi connectivity index (χ3n) is 4.51. The summed E-state index contributed by atoms with van der Waals surface area (Å²) in [5.41, 5.74) is 3.31. The van der Waals surface area contributed by atoms with E-state index in [1.807, 2.05) is 64.2 Å². The summed E-state index contributed by atoms with van der Waals surface area (Å²) in [5, 5.41) is 5.18. The number of carbonyl (C=O) groups is 1. The Morgan fingerprint density at radius 1 is 0.960 bits per heavy atom. The first kappa shape index (κ1) is 15.9. The molecule has 0 atom stereocenters. The average Bonchev–Trinajstić information content (AvgIpc) is 3.32. The normalized spacial score (nSPS) is 14.0. The highest BCUT2D eigenvalue weighted by Crippen LogP contribution is 2.29. The van der Waals surface area contributed by atoms with E-state index >= 15 is 0 Å². The standard InChI is InChI=1S/C20H18ClN3O/c21-16-8-10-17(11-9-16)24-19(15-6-2-1-3-7-15)18(14-22-24)20(25)23-12-4-5-13-23/h1-3,6-11,14H,4-5,12-13H2. The molecule has 1 fully saturated rings. The molecular weight excluding hydrogens is 334 g/mol. The Hall–Kier alpha value is -2.59. The minimum absolute atomic E-state index is 0.0524. The van der Waals surface area contributed by atoms with Crippen LogP contribution < -0.4 is 0 Å². The molecule has 5 heteroatoms. The van der Waals surface area contributed by atoms with Crippen LogP contribution in [0, 0.1) is 0 Å². The van der Waals surface area contributed by atoms with Gasteiger partial charge in [-0.3, -0.25) is 4.79 Å². The molecule has 1 aliphatic heterocycles. The minimum Gasteiger partial charge on any atom is -0.339 e. The van der Waals surface area contributed by atoms with E-state index in [2.05, 4.69) is 5.10 Å². The fourth-order valence-electron chi connectivity index (χ4n) is 3.25. The summed E-state index contributed by atoms with van der Waals surface area (Å²) < 4.78 is 1.81. The summed E-state index contributed by atoms with van der Waals surface area (Å²) in [6, 6.07) is 17.4. The van der Waals surface area contributed by atoms with Gasteiger partial charge in [0.15, 0.2) is 0 Å². The minimum atomic E-state index is 0.0524. The summed E-state index contributed by atoms with van der Waals surface area (Å²) in [7, 11) is 0. The maximum absolute atomic E-state index is 13.0. The van der Waals surface area contributed by atoms with Gasteiger partial charge in [0.2, 0.25) is 0 Å². The van der Waals surface area contributed by atoms with E-state index < -0.39 is 0 Å². The van der Waals surface area contributed by atoms with Gasteiger partial charge in [0.1, 0.15) is 0 Å². The number of carbonyl (C=O) groups excluding carboxylic acids is 1. The van der Waals surface area contributed by atoms with Crippen LogP contribution in [0.1, 0.15) is 23.2 Å². The molecule has 0 radical (unpaired) electrons. The molecule has 0 N–H and O–H groups in total. The Labute approximate surface area is 151 Å². The predicted molar refractivity (Wildman–Crippen MR) is 99.1 cm³/mol. The maximum atomic E-state index is 13.0. The van der Waals surface area contributed by atoms with Gasteiger partial charge in [-0.05, 0) is 37.1 Å². The maximum Gasteiger partial charge on any atom is 0.257 e. The van der Waals surface area contributed by atoms with Crippen molar-refractivity contribution in [1.29, 1.82) is 0 Å². The number of hydrogen-bond donors (Lipinski definition) is 0. The molecule has 1 amide bonds. The van der Waals surface area contributed by atoms with E-state index in [-0.39, 0.29) is 5.91 Å². The SMILES string of the molecule is O=C(c1cnn(-c2ccc(Cl)cc2)c1-c1ccccc1)N1CCCC1. The molecule has 3 aromatic rings. The first-order valence-electron chi connectivity index (χ1n) is 8.43. The highest BCUT2D eigenvalue weighted by atomic mass is 35.5. The lowest BCUT2D eigenvalue weighted by molar-refractivity contribution is 0.0793. The second-order valence-corrected chi connectivity index (χ2v) is 6.60. The van der Waals surface area contributed by atoms with Gasteiger partial charge in [0.25, 0.3) is 5.91 Å². The van der Waals surface area contributed by atoms with Crippen LogP contribution in [0.4, 0.5) is 0 Å². The Balaban J connectivity index is 1.85. The molecule has 4 nitrogen and oxygen atoms in total. The molecule has 0 spiro atoms. The average molecular weight is 352 g/mol. The van der Waals surface area contributed by atoms with E-state index in [1.165, 1.54) is 0 Å². The summed E-state index contributed by atoms with van der Waals surface area (Å²) >= 11 is 6.01. The summed E-state index contributed by atoms with van der Waals surface area (Å²) in [6.07, 6.45) is 3.81. The molecule has 0 saturated carbocycles. The summed E-state index contributed by atoms with van der Waals surface area (Å²) in [5.74, 6) is 0.0524. The highest BCUT2D eigenvalue weighted by molar-refractivity contribution is 6.30. The van der Waals surface area contributed by atoms with E-state index in [0.717, 1.165) is 42.9 Å². The number of aromatic nitrogens is 2. The number of hydrogen-bond acceptors (Lipinski definition) is 2. The fourth-order valence-corrected chi connectivity index (χ4v) is 3.37. The van der Waals surface area contributed by atoms with Crippen molar-refractivity contribution in [3.05, 3.63) is 71.4 Å². The van der Waals surface area contributed by atoms with Crippen molar-refractivity contribution in [2.45, 2.75) is 12.8 Å². The number of benzene rings is 2. The molecule has 0 aliphatic carbocycles. The lowest BCUT2D eigenvalue weighted by Crippen LogP contribution is -2.27. The Morgan fingerprint density at radius 2 is 1.64 bits per heavy atom. The molecular formula is C20H18ClN3O. The van der Waals surface area contributed by atoms with Gasteiger partial charge in [-0.15, -0.1) is 0 Å². The monoisotopic (exact) mass is 351 g/mol. The zero-order chi connectivity index (χ0) is 17.2. The van der Waals surface area contributed by atoms with Crippen LogP contribution in [0.5, 0.6) is 0 Å². The summed E-state index contributed by atoms with van der Waals surface area (Å²) in [6.45, 7) is 1.64. The van der Waals surface area contributed by atoms with Crippen molar-refractivity contribution in [2.24, 2.45) is 0 Å². The van der Waals surface area contributed by atoms with Crippen molar-refractivity contribution in [1.82, 2.24) is 14.7 Å². The third-order valence-corrected chi connectivity index (χ3v) is 4.76. The van der Waals surface area contributed by atoms with Crippen molar-refractivity contribution in [2.75, 3.05) is 13.1 Å². The second kappa shape index (κ2) is 6.73. The van der Waals surface area contributed by atoms with Crippen LogP contribution in [-0.2, 0) is 0 Å². The number of nitrogens with zero attached hydrogens (tertiary/aromatic N) is 3. The van der Waals surface area contributed by atoms with E-state index in [4.69, 9.17) is 11.6 Å². The molecule has 2 aromatic carbocycles. The molecule has 2 heterocycles. The first-order chi connectivity index (χ1) is 12.2. The fraction of sp³-hybridized carbons (Fsp3) is 0.200. The third kappa shape index (κ3) is 3.05. The van der Waals surface area contributed by atoms with Gasteiger partial charge < -0.3 is 4.90 Å². The molecule has 1 aliphatic rings. The van der Waals surface area contributed by atoms with Crippen molar-refractivity contribution in [3.63, 3.8) is 0 Å². The molecule has 25 heavy (non-hydrogen) atoms. The van der Waals surface area contributed by atoms with Crippen LogP contribution in [0.2, 0.25) is 5.02 Å². The highest BCUT2D eigenvalue weighted by Gasteiger charge is 2.26. The number of likely N-dealkylation sites (tertiary alicyclic amines) is 1. The molecule has 126 valence electrons. The molecule has 4 rings (SSSR count). The smallest absolute Gasteiger partial charge is 0.257 e. The lowest BCUT2D eigenvalue weighted by Gasteiger charge is -2.16. The first-order valence-corrected chi connectivity index (χ1v) is 8.80. The molecule has 1 aromatic heterocycles.